The number of aromatic nitrogens is 2. The maximum atomic E-state index is 12.7. The maximum Gasteiger partial charge on any atom is 0.326 e. The first-order chi connectivity index (χ1) is 14.6. The molecule has 0 aromatic carbocycles. The summed E-state index contributed by atoms with van der Waals surface area (Å²) >= 11 is 7.91. The van der Waals surface area contributed by atoms with E-state index in [0.717, 1.165) is 0 Å². The molecule has 0 saturated heterocycles. The maximum absolute atomic E-state index is 12.7. The molecule has 0 aliphatic carbocycles. The number of amides is 3. The monoisotopic (exact) mass is 476 g/mol. The molecule has 0 aliphatic rings. The van der Waals surface area contributed by atoms with Crippen molar-refractivity contribution in [2.75, 3.05) is 11.5 Å². The molecule has 1 aromatic heterocycles. The Balaban J connectivity index is 2.91. The Hall–Kier alpha value is -2.78. The number of carboxylic acid groups (broad SMARTS) is 2. The number of aromatic amines is 1. The second-order valence-corrected chi connectivity index (χ2v) is 7.10. The second kappa shape index (κ2) is 12.8. The third kappa shape index (κ3) is 8.85. The molecule has 3 amide bonds. The van der Waals surface area contributed by atoms with Gasteiger partial charge in [0, 0.05) is 29.8 Å². The summed E-state index contributed by atoms with van der Waals surface area (Å²) < 4.78 is 0. The Morgan fingerprint density at radius 2 is 1.55 bits per heavy atom. The van der Waals surface area contributed by atoms with Crippen LogP contribution in [0.3, 0.4) is 0 Å². The minimum Gasteiger partial charge on any atom is -0.481 e. The zero-order valence-electron chi connectivity index (χ0n) is 16.1. The number of nitrogens with zero attached hydrogens (tertiary/aromatic N) is 1. The van der Waals surface area contributed by atoms with Crippen LogP contribution in [0.5, 0.6) is 0 Å². The van der Waals surface area contributed by atoms with Gasteiger partial charge in [-0.1, -0.05) is 0 Å². The Kier molecular flexibility index (Phi) is 10.8. The summed E-state index contributed by atoms with van der Waals surface area (Å²) in [4.78, 5) is 65.7. The number of hydrogen-bond acceptors (Lipinski definition) is 9. The number of aliphatic carboxylic acids is 2. The van der Waals surface area contributed by atoms with Crippen LogP contribution in [0.25, 0.3) is 0 Å². The van der Waals surface area contributed by atoms with Crippen molar-refractivity contribution in [1.82, 2.24) is 25.9 Å². The fourth-order valence-electron chi connectivity index (χ4n) is 2.30. The van der Waals surface area contributed by atoms with Crippen molar-refractivity contribution < 1.29 is 34.2 Å². The molecule has 1 rings (SSSR count). The number of thiol groups is 2. The van der Waals surface area contributed by atoms with Gasteiger partial charge >= 0.3 is 11.9 Å². The SMILES string of the molecule is NC(CS)C(=O)NC(Cc1cnc[nH]1)C(=O)NC(CS)C(=O)NC(CC(=O)O)C(=O)O. The molecular weight excluding hydrogens is 452 g/mol. The van der Waals surface area contributed by atoms with Gasteiger partial charge in [-0.3, -0.25) is 19.2 Å². The molecule has 0 aliphatic heterocycles. The van der Waals surface area contributed by atoms with E-state index >= 15 is 0 Å². The van der Waals surface area contributed by atoms with E-state index in [-0.39, 0.29) is 17.9 Å². The van der Waals surface area contributed by atoms with Gasteiger partial charge < -0.3 is 36.9 Å². The largest absolute Gasteiger partial charge is 0.481 e. The van der Waals surface area contributed by atoms with Gasteiger partial charge in [0.05, 0.1) is 18.8 Å². The Labute approximate surface area is 187 Å². The summed E-state index contributed by atoms with van der Waals surface area (Å²) in [5, 5.41) is 24.7. The van der Waals surface area contributed by atoms with Gasteiger partial charge in [-0.2, -0.15) is 25.3 Å². The number of rotatable bonds is 13. The average Bonchev–Trinajstić information content (AvgIpc) is 3.22. The van der Waals surface area contributed by atoms with Gasteiger partial charge in [0.1, 0.15) is 18.1 Å². The van der Waals surface area contributed by atoms with Crippen molar-refractivity contribution in [3.05, 3.63) is 18.2 Å². The minimum absolute atomic E-state index is 0.00542. The zero-order chi connectivity index (χ0) is 23.6. The van der Waals surface area contributed by atoms with Gasteiger partial charge in [0.25, 0.3) is 0 Å². The van der Waals surface area contributed by atoms with E-state index < -0.39 is 60.2 Å². The highest BCUT2D eigenvalue weighted by Gasteiger charge is 2.30. The first-order valence-electron chi connectivity index (χ1n) is 8.89. The number of nitrogens with two attached hydrogens (primary N) is 1. The van der Waals surface area contributed by atoms with E-state index in [1.54, 1.807) is 0 Å². The van der Waals surface area contributed by atoms with Crippen LogP contribution in [-0.2, 0) is 30.4 Å². The summed E-state index contributed by atoms with van der Waals surface area (Å²) in [6, 6.07) is -5.12. The van der Waals surface area contributed by atoms with Crippen LogP contribution in [0, 0.1) is 0 Å². The van der Waals surface area contributed by atoms with E-state index in [4.69, 9.17) is 15.9 Å². The molecule has 15 heteroatoms. The minimum atomic E-state index is -1.70. The Bertz CT molecular complexity index is 791. The fraction of sp³-hybridized carbons (Fsp3) is 0.500. The first kappa shape index (κ1) is 26.3. The molecule has 31 heavy (non-hydrogen) atoms. The van der Waals surface area contributed by atoms with E-state index in [0.29, 0.717) is 5.69 Å². The first-order valence-corrected chi connectivity index (χ1v) is 10.2. The summed E-state index contributed by atoms with van der Waals surface area (Å²) in [6.07, 6.45) is 1.96. The van der Waals surface area contributed by atoms with Gasteiger partial charge in [-0.15, -0.1) is 0 Å². The lowest BCUT2D eigenvalue weighted by molar-refractivity contribution is -0.147. The predicted octanol–water partition coefficient (Wildman–Crippen LogP) is -2.85. The van der Waals surface area contributed by atoms with Crippen molar-refractivity contribution in [3.8, 4) is 0 Å². The molecule has 172 valence electrons. The number of imidazole rings is 1. The topological polar surface area (TPSA) is 217 Å². The van der Waals surface area contributed by atoms with Crippen molar-refractivity contribution in [3.63, 3.8) is 0 Å². The fourth-order valence-corrected chi connectivity index (χ4v) is 2.72. The lowest BCUT2D eigenvalue weighted by Gasteiger charge is -2.24. The van der Waals surface area contributed by atoms with E-state index in [1.807, 2.05) is 5.32 Å². The predicted molar refractivity (Wildman–Crippen MR) is 114 cm³/mol. The van der Waals surface area contributed by atoms with Crippen molar-refractivity contribution >= 4 is 54.9 Å². The standard InChI is InChI=1S/C16H24N6O7S2/c17-8(4-30)13(25)20-9(1-7-3-18-6-19-7)14(26)22-11(5-31)15(27)21-10(16(28)29)2-12(23)24/h3,6,8-11,30-31H,1-2,4-5,17H2,(H,18,19)(H,20,25)(H,21,27)(H,22,26)(H,23,24)(H,28,29). The number of carbonyl (C=O) groups excluding carboxylic acids is 3. The molecule has 1 heterocycles. The molecule has 13 nitrogen and oxygen atoms in total. The molecule has 4 unspecified atom stereocenters. The normalized spacial score (nSPS) is 14.5. The van der Waals surface area contributed by atoms with Crippen molar-refractivity contribution in [2.45, 2.75) is 37.0 Å². The lowest BCUT2D eigenvalue weighted by atomic mass is 10.1. The van der Waals surface area contributed by atoms with E-state index in [1.165, 1.54) is 12.5 Å². The van der Waals surface area contributed by atoms with Crippen molar-refractivity contribution in [1.29, 1.82) is 0 Å². The molecule has 0 fully saturated rings. The molecule has 0 radical (unpaired) electrons. The second-order valence-electron chi connectivity index (χ2n) is 6.37. The Morgan fingerprint density at radius 1 is 0.968 bits per heavy atom. The molecule has 4 atom stereocenters. The smallest absolute Gasteiger partial charge is 0.326 e. The quantitative estimate of drug-likeness (QED) is 0.134. The van der Waals surface area contributed by atoms with Crippen LogP contribution in [0.15, 0.2) is 12.5 Å². The molecule has 0 spiro atoms. The summed E-state index contributed by atoms with van der Waals surface area (Å²) in [5.41, 5.74) is 6.13. The molecule has 0 bridgehead atoms. The van der Waals surface area contributed by atoms with Crippen LogP contribution in [0.2, 0.25) is 0 Å². The molecular formula is C16H24N6O7S2. The molecule has 8 N–H and O–H groups in total. The van der Waals surface area contributed by atoms with Crippen LogP contribution in [0.1, 0.15) is 12.1 Å². The number of carboxylic acids is 2. The van der Waals surface area contributed by atoms with Crippen LogP contribution < -0.4 is 21.7 Å². The third-order valence-corrected chi connectivity index (χ3v) is 4.71. The lowest BCUT2D eigenvalue weighted by Crippen LogP contribution is -2.58. The van der Waals surface area contributed by atoms with Crippen LogP contribution in [0.4, 0.5) is 0 Å². The van der Waals surface area contributed by atoms with Crippen LogP contribution in [-0.4, -0.2) is 85.5 Å². The van der Waals surface area contributed by atoms with Gasteiger partial charge in [0.15, 0.2) is 0 Å². The summed E-state index contributed by atoms with van der Waals surface area (Å²) in [6.45, 7) is 0. The van der Waals surface area contributed by atoms with Crippen LogP contribution >= 0.6 is 25.3 Å². The van der Waals surface area contributed by atoms with Crippen molar-refractivity contribution in [2.24, 2.45) is 5.73 Å². The molecule has 1 aromatic rings. The van der Waals surface area contributed by atoms with E-state index in [9.17, 15) is 24.0 Å². The zero-order valence-corrected chi connectivity index (χ0v) is 17.9. The number of hydrogen-bond donors (Lipinski definition) is 9. The summed E-state index contributed by atoms with van der Waals surface area (Å²) in [5.74, 6) is -5.53. The summed E-state index contributed by atoms with van der Waals surface area (Å²) in [7, 11) is 0. The van der Waals surface area contributed by atoms with Gasteiger partial charge in [-0.25, -0.2) is 9.78 Å². The highest BCUT2D eigenvalue weighted by molar-refractivity contribution is 7.80. The third-order valence-electron chi connectivity index (χ3n) is 3.95. The molecule has 0 saturated carbocycles. The Morgan fingerprint density at radius 3 is 2.03 bits per heavy atom. The average molecular weight is 477 g/mol. The number of carbonyl (C=O) groups is 5. The van der Waals surface area contributed by atoms with E-state index in [2.05, 4.69) is 45.9 Å². The number of nitrogens with one attached hydrogen (secondary N) is 4. The number of H-pyrrole nitrogens is 1. The highest BCUT2D eigenvalue weighted by atomic mass is 32.1. The van der Waals surface area contributed by atoms with Gasteiger partial charge in [-0.05, 0) is 0 Å². The highest BCUT2D eigenvalue weighted by Crippen LogP contribution is 2.02. The van der Waals surface area contributed by atoms with Gasteiger partial charge in [0.2, 0.25) is 17.7 Å².